The van der Waals surface area contributed by atoms with Crippen molar-refractivity contribution in [3.8, 4) is 11.3 Å². The number of aliphatic carboxylic acids is 1. The summed E-state index contributed by atoms with van der Waals surface area (Å²) < 4.78 is 47.1. The molecule has 7 nitrogen and oxygen atoms in total. The van der Waals surface area contributed by atoms with Crippen LogP contribution in [0.4, 0.5) is 17.6 Å². The predicted molar refractivity (Wildman–Crippen MR) is 105 cm³/mol. The van der Waals surface area contributed by atoms with Crippen molar-refractivity contribution < 1.29 is 41.6 Å². The number of hydrogen-bond acceptors (Lipinski definition) is 3. The monoisotopic (exact) mass is 461 g/mol. The Morgan fingerprint density at radius 1 is 1.03 bits per heavy atom. The summed E-state index contributed by atoms with van der Waals surface area (Å²) in [5.74, 6) is -3.26. The number of amides is 1. The Kier molecular flexibility index (Phi) is 7.01. The standard InChI is InChI=1S/C20H15FN4O.C2HF3O2/c21-16-6-2-1-5-15(16)13-23-20(26)19-24-18(14-8-10-22-11-9-14)17-7-3-4-12-25(17)19;3-2(4,5)1(6)7/h1-12H,13H2,(H,23,26);(H,6,7)/p+1. The zero-order chi connectivity index (χ0) is 24.0. The lowest BCUT2D eigenvalue weighted by atomic mass is 10.2. The Morgan fingerprint density at radius 3 is 2.30 bits per heavy atom. The maximum absolute atomic E-state index is 13.8. The lowest BCUT2D eigenvalue weighted by molar-refractivity contribution is -0.513. The molecule has 11 heteroatoms. The zero-order valence-corrected chi connectivity index (χ0v) is 16.8. The summed E-state index contributed by atoms with van der Waals surface area (Å²) in [7, 11) is 0. The Labute approximate surface area is 184 Å². The van der Waals surface area contributed by atoms with Crippen molar-refractivity contribution in [3.05, 3.63) is 90.4 Å². The van der Waals surface area contributed by atoms with Gasteiger partial charge in [-0.05, 0) is 18.2 Å². The van der Waals surface area contributed by atoms with E-state index in [2.05, 4.69) is 15.3 Å². The molecule has 0 saturated carbocycles. The van der Waals surface area contributed by atoms with Crippen molar-refractivity contribution in [1.82, 2.24) is 10.3 Å². The zero-order valence-electron chi connectivity index (χ0n) is 16.8. The van der Waals surface area contributed by atoms with E-state index < -0.39 is 12.1 Å². The highest BCUT2D eigenvalue weighted by molar-refractivity contribution is 5.91. The van der Waals surface area contributed by atoms with E-state index in [0.29, 0.717) is 11.4 Å². The van der Waals surface area contributed by atoms with Crippen LogP contribution in [0, 0.1) is 5.82 Å². The second-order valence-electron chi connectivity index (χ2n) is 6.65. The summed E-state index contributed by atoms with van der Waals surface area (Å²) in [6.45, 7) is 0.120. The van der Waals surface area contributed by atoms with Crippen LogP contribution < -0.4 is 19.8 Å². The third-order valence-electron chi connectivity index (χ3n) is 4.45. The van der Waals surface area contributed by atoms with E-state index in [1.807, 2.05) is 48.9 Å². The Morgan fingerprint density at radius 2 is 1.67 bits per heavy atom. The average molecular weight is 461 g/mol. The Bertz CT molecular complexity index is 1270. The van der Waals surface area contributed by atoms with Gasteiger partial charge in [0, 0.05) is 29.8 Å². The molecule has 0 aliphatic heterocycles. The van der Waals surface area contributed by atoms with Gasteiger partial charge >= 0.3 is 17.9 Å². The van der Waals surface area contributed by atoms with Gasteiger partial charge in [-0.1, -0.05) is 24.3 Å². The molecule has 3 heterocycles. The molecule has 4 aromatic rings. The molecule has 0 unspecified atom stereocenters. The molecule has 4 rings (SSSR count). The largest absolute Gasteiger partial charge is 0.542 e. The molecule has 170 valence electrons. The van der Waals surface area contributed by atoms with Gasteiger partial charge in [0.2, 0.25) is 0 Å². The second kappa shape index (κ2) is 9.90. The number of H-pyrrole nitrogens is 2. The molecule has 33 heavy (non-hydrogen) atoms. The summed E-state index contributed by atoms with van der Waals surface area (Å²) >= 11 is 0. The fraction of sp³-hybridized carbons (Fsp3) is 0.0909. The third kappa shape index (κ3) is 5.70. The molecule has 0 saturated heterocycles. The summed E-state index contributed by atoms with van der Waals surface area (Å²) in [4.78, 5) is 27.7. The molecule has 0 atom stereocenters. The number of alkyl halides is 3. The second-order valence-corrected chi connectivity index (χ2v) is 6.65. The minimum absolute atomic E-state index is 0.120. The summed E-state index contributed by atoms with van der Waals surface area (Å²) in [6.07, 6.45) is 0.281. The van der Waals surface area contributed by atoms with Crippen LogP contribution in [0.1, 0.15) is 16.2 Å². The highest BCUT2D eigenvalue weighted by atomic mass is 19.4. The number of carbonyl (C=O) groups is 2. The molecule has 0 aliphatic carbocycles. The van der Waals surface area contributed by atoms with Gasteiger partial charge in [0.15, 0.2) is 23.6 Å². The number of nitrogens with zero attached hydrogens (tertiary/aromatic N) is 1. The molecule has 0 bridgehead atoms. The highest BCUT2D eigenvalue weighted by Crippen LogP contribution is 2.20. The number of halogens is 4. The number of carbonyl (C=O) groups excluding carboxylic acids is 2. The number of aromatic nitrogens is 3. The van der Waals surface area contributed by atoms with E-state index in [0.717, 1.165) is 16.8 Å². The summed E-state index contributed by atoms with van der Waals surface area (Å²) in [5, 5.41) is 11.6. The minimum atomic E-state index is -5.19. The van der Waals surface area contributed by atoms with Gasteiger partial charge in [0.05, 0.1) is 6.20 Å². The van der Waals surface area contributed by atoms with Crippen LogP contribution >= 0.6 is 0 Å². The van der Waals surface area contributed by atoms with Gasteiger partial charge < -0.3 is 15.2 Å². The van der Waals surface area contributed by atoms with Crippen LogP contribution in [-0.4, -0.2) is 23.0 Å². The molecule has 0 aliphatic rings. The first kappa shape index (κ1) is 23.4. The van der Waals surface area contributed by atoms with Crippen molar-refractivity contribution in [2.45, 2.75) is 12.7 Å². The Hall–Kier alpha value is -4.28. The van der Waals surface area contributed by atoms with Crippen LogP contribution in [0.3, 0.4) is 0 Å². The van der Waals surface area contributed by atoms with Crippen molar-refractivity contribution in [2.75, 3.05) is 0 Å². The van der Waals surface area contributed by atoms with Gasteiger partial charge in [-0.15, -0.1) is 0 Å². The summed E-state index contributed by atoms with van der Waals surface area (Å²) in [6, 6.07) is 16.0. The number of nitrogens with one attached hydrogen (secondary N) is 3. The third-order valence-corrected chi connectivity index (χ3v) is 4.45. The van der Waals surface area contributed by atoms with E-state index in [1.165, 1.54) is 6.07 Å². The molecule has 3 N–H and O–H groups in total. The fourth-order valence-corrected chi connectivity index (χ4v) is 2.93. The van der Waals surface area contributed by atoms with Gasteiger partial charge in [-0.3, -0.25) is 4.79 Å². The molecule has 3 aromatic heterocycles. The number of rotatable bonds is 4. The van der Waals surface area contributed by atoms with Crippen molar-refractivity contribution in [1.29, 1.82) is 0 Å². The molecule has 0 radical (unpaired) electrons. The number of aromatic amines is 2. The van der Waals surface area contributed by atoms with E-state index in [9.17, 15) is 22.4 Å². The van der Waals surface area contributed by atoms with Crippen molar-refractivity contribution in [2.24, 2.45) is 0 Å². The van der Waals surface area contributed by atoms with Gasteiger partial charge in [-0.25, -0.2) is 14.4 Å². The van der Waals surface area contributed by atoms with Crippen LogP contribution in [-0.2, 0) is 11.3 Å². The van der Waals surface area contributed by atoms with Gasteiger partial charge in [-0.2, -0.15) is 17.6 Å². The number of fused-ring (bicyclic) bond motifs is 1. The fourth-order valence-electron chi connectivity index (χ4n) is 2.93. The van der Waals surface area contributed by atoms with Crippen molar-refractivity contribution >= 4 is 17.4 Å². The lowest BCUT2D eigenvalue weighted by Gasteiger charge is -2.03. The maximum Gasteiger partial charge on any atom is 0.430 e. The molecular formula is C22H17F4N4O3+. The van der Waals surface area contributed by atoms with Crippen molar-refractivity contribution in [3.63, 3.8) is 0 Å². The number of pyridine rings is 2. The maximum atomic E-state index is 13.8. The topological polar surface area (TPSA) is 103 Å². The number of benzene rings is 1. The van der Waals surface area contributed by atoms with E-state index in [1.54, 1.807) is 22.6 Å². The molecular weight excluding hydrogens is 444 g/mol. The van der Waals surface area contributed by atoms with Crippen LogP contribution in [0.5, 0.6) is 0 Å². The van der Waals surface area contributed by atoms with Crippen LogP contribution in [0.15, 0.2) is 73.2 Å². The van der Waals surface area contributed by atoms with Gasteiger partial charge in [0.1, 0.15) is 11.8 Å². The first-order chi connectivity index (χ1) is 15.7. The van der Waals surface area contributed by atoms with E-state index in [4.69, 9.17) is 9.90 Å². The molecule has 1 amide bonds. The van der Waals surface area contributed by atoms with Crippen LogP contribution in [0.25, 0.3) is 16.8 Å². The molecule has 0 fully saturated rings. The minimum Gasteiger partial charge on any atom is -0.542 e. The average Bonchev–Trinajstić information content (AvgIpc) is 3.19. The van der Waals surface area contributed by atoms with Crippen LogP contribution in [0.2, 0.25) is 0 Å². The van der Waals surface area contributed by atoms with E-state index >= 15 is 0 Å². The normalized spacial score (nSPS) is 10.9. The number of carboxylic acids is 1. The molecule has 1 aromatic carbocycles. The number of carboxylic acid groups (broad SMARTS) is 1. The smallest absolute Gasteiger partial charge is 0.430 e. The van der Waals surface area contributed by atoms with Gasteiger partial charge in [0.25, 0.3) is 0 Å². The first-order valence-corrected chi connectivity index (χ1v) is 9.47. The lowest BCUT2D eigenvalue weighted by Crippen LogP contribution is -2.37. The SMILES string of the molecule is O=C(NCc1ccccc1F)c1[nH]c(-c2cc[nH+]cc2)c2cccc[n+]12.O=C([O-])C(F)(F)F. The number of hydrogen-bond donors (Lipinski definition) is 2. The Balaban J connectivity index is 0.000000383. The predicted octanol–water partition coefficient (Wildman–Crippen LogP) is 1.60. The number of imidazole rings is 1. The van der Waals surface area contributed by atoms with E-state index in [-0.39, 0.29) is 18.3 Å². The highest BCUT2D eigenvalue weighted by Gasteiger charge is 2.29. The quantitative estimate of drug-likeness (QED) is 0.357. The first-order valence-electron chi connectivity index (χ1n) is 9.47. The summed E-state index contributed by atoms with van der Waals surface area (Å²) in [5.41, 5.74) is 3.13. The molecule has 0 spiro atoms.